The lowest BCUT2D eigenvalue weighted by molar-refractivity contribution is -0.116. The number of ether oxygens (including phenoxy) is 2. The first-order chi connectivity index (χ1) is 8.65. The van der Waals surface area contributed by atoms with Crippen LogP contribution in [0.3, 0.4) is 0 Å². The molecule has 1 rings (SSSR count). The minimum absolute atomic E-state index is 0.0148. The monoisotopic (exact) mass is 246 g/mol. The van der Waals surface area contributed by atoms with Gasteiger partial charge in [-0.2, -0.15) is 5.26 Å². The third-order valence-electron chi connectivity index (χ3n) is 2.33. The topological polar surface area (TPSA) is 71.4 Å². The molecule has 5 nitrogen and oxygen atoms in total. The van der Waals surface area contributed by atoms with Crippen LogP contribution >= 0.6 is 0 Å². The number of nitrogens with zero attached hydrogens (tertiary/aromatic N) is 1. The molecule has 0 saturated carbocycles. The Morgan fingerprint density at radius 1 is 1.39 bits per heavy atom. The fraction of sp³-hybridized carbons (Fsp3) is 0.231. The molecule has 18 heavy (non-hydrogen) atoms. The van der Waals surface area contributed by atoms with E-state index >= 15 is 0 Å². The van der Waals surface area contributed by atoms with Crippen molar-refractivity contribution in [2.45, 2.75) is 0 Å². The van der Waals surface area contributed by atoms with Crippen LogP contribution < -0.4 is 14.8 Å². The highest BCUT2D eigenvalue weighted by Gasteiger charge is 2.09. The highest BCUT2D eigenvalue weighted by Crippen LogP contribution is 2.26. The number of carbonyl (C=O) groups excluding carboxylic acids is 1. The third kappa shape index (κ3) is 3.01. The number of nitrogens with one attached hydrogen (secondary N) is 1. The Morgan fingerprint density at radius 3 is 2.61 bits per heavy atom. The summed E-state index contributed by atoms with van der Waals surface area (Å²) in [6.07, 6.45) is 1.47. The van der Waals surface area contributed by atoms with E-state index in [1.807, 2.05) is 6.07 Å². The van der Waals surface area contributed by atoms with Crippen molar-refractivity contribution in [3.63, 3.8) is 0 Å². The van der Waals surface area contributed by atoms with Crippen molar-refractivity contribution < 1.29 is 14.3 Å². The maximum absolute atomic E-state index is 11.4. The van der Waals surface area contributed by atoms with Crippen molar-refractivity contribution in [2.75, 3.05) is 21.3 Å². The lowest BCUT2D eigenvalue weighted by Gasteiger charge is -2.07. The van der Waals surface area contributed by atoms with E-state index in [0.717, 1.165) is 0 Å². The van der Waals surface area contributed by atoms with Crippen LogP contribution in [0.1, 0.15) is 5.56 Å². The Balaban J connectivity index is 3.21. The molecule has 0 spiro atoms. The number of hydrogen-bond acceptors (Lipinski definition) is 4. The van der Waals surface area contributed by atoms with Gasteiger partial charge in [-0.05, 0) is 18.2 Å². The number of rotatable bonds is 4. The van der Waals surface area contributed by atoms with Gasteiger partial charge in [0, 0.05) is 18.7 Å². The molecule has 1 N–H and O–H groups in total. The summed E-state index contributed by atoms with van der Waals surface area (Å²) in [5.74, 6) is 0.740. The average Bonchev–Trinajstić information content (AvgIpc) is 2.43. The standard InChI is InChI=1S/C13H14N2O3/c1-15-13(16)10(8-14)6-9-4-5-11(17-2)7-12(9)18-3/h4-7H,1-3H3,(H,15,16)/b10-6+. The van der Waals surface area contributed by atoms with Gasteiger partial charge in [0.2, 0.25) is 0 Å². The summed E-state index contributed by atoms with van der Waals surface area (Å²) < 4.78 is 10.2. The lowest BCUT2D eigenvalue weighted by Crippen LogP contribution is -2.19. The summed E-state index contributed by atoms with van der Waals surface area (Å²) in [4.78, 5) is 11.4. The zero-order valence-electron chi connectivity index (χ0n) is 10.5. The molecule has 0 unspecified atom stereocenters. The van der Waals surface area contributed by atoms with E-state index < -0.39 is 5.91 Å². The molecule has 0 aliphatic heterocycles. The van der Waals surface area contributed by atoms with Crippen molar-refractivity contribution >= 4 is 12.0 Å². The van der Waals surface area contributed by atoms with Crippen LogP contribution in [0, 0.1) is 11.3 Å². The number of hydrogen-bond donors (Lipinski definition) is 1. The SMILES string of the molecule is CNC(=O)/C(C#N)=C/c1ccc(OC)cc1OC. The molecule has 1 amide bonds. The van der Waals surface area contributed by atoms with Gasteiger partial charge in [-0.3, -0.25) is 4.79 Å². The molecule has 0 aromatic heterocycles. The molecule has 0 aliphatic carbocycles. The summed E-state index contributed by atoms with van der Waals surface area (Å²) in [7, 11) is 4.53. The number of methoxy groups -OCH3 is 2. The number of nitriles is 1. The number of likely N-dealkylation sites (N-methyl/N-ethyl adjacent to an activating group) is 1. The largest absolute Gasteiger partial charge is 0.497 e. The zero-order valence-corrected chi connectivity index (χ0v) is 10.5. The van der Waals surface area contributed by atoms with Crippen molar-refractivity contribution in [2.24, 2.45) is 0 Å². The lowest BCUT2D eigenvalue weighted by atomic mass is 10.1. The average molecular weight is 246 g/mol. The summed E-state index contributed by atoms with van der Waals surface area (Å²) in [6.45, 7) is 0. The van der Waals surface area contributed by atoms with Gasteiger partial charge in [0.1, 0.15) is 23.1 Å². The molecule has 0 heterocycles. The molecule has 0 saturated heterocycles. The first-order valence-electron chi connectivity index (χ1n) is 5.22. The summed E-state index contributed by atoms with van der Waals surface area (Å²) in [5, 5.41) is 11.3. The molecule has 0 radical (unpaired) electrons. The molecular weight excluding hydrogens is 232 g/mol. The summed E-state index contributed by atoms with van der Waals surface area (Å²) >= 11 is 0. The summed E-state index contributed by atoms with van der Waals surface area (Å²) in [6, 6.07) is 6.98. The molecule has 1 aromatic rings. The Morgan fingerprint density at radius 2 is 2.11 bits per heavy atom. The minimum Gasteiger partial charge on any atom is -0.497 e. The molecule has 0 bridgehead atoms. The van der Waals surface area contributed by atoms with Gasteiger partial charge < -0.3 is 14.8 Å². The Hall–Kier alpha value is -2.48. The second-order valence-corrected chi connectivity index (χ2v) is 3.36. The molecule has 0 atom stereocenters. The molecule has 0 fully saturated rings. The molecule has 5 heteroatoms. The minimum atomic E-state index is -0.435. The number of amides is 1. The van der Waals surface area contributed by atoms with Crippen LogP contribution in [-0.2, 0) is 4.79 Å². The van der Waals surface area contributed by atoms with E-state index in [-0.39, 0.29) is 5.57 Å². The Bertz CT molecular complexity index is 515. The van der Waals surface area contributed by atoms with E-state index in [2.05, 4.69) is 5.32 Å². The zero-order chi connectivity index (χ0) is 13.5. The van der Waals surface area contributed by atoms with Crippen LogP contribution in [-0.4, -0.2) is 27.2 Å². The van der Waals surface area contributed by atoms with Crippen molar-refractivity contribution in [1.82, 2.24) is 5.32 Å². The predicted molar refractivity (Wildman–Crippen MR) is 67.2 cm³/mol. The van der Waals surface area contributed by atoms with Gasteiger partial charge in [0.05, 0.1) is 14.2 Å². The van der Waals surface area contributed by atoms with Gasteiger partial charge >= 0.3 is 0 Å². The highest BCUT2D eigenvalue weighted by molar-refractivity contribution is 6.01. The first kappa shape index (κ1) is 13.6. The maximum Gasteiger partial charge on any atom is 0.261 e. The third-order valence-corrected chi connectivity index (χ3v) is 2.33. The van der Waals surface area contributed by atoms with E-state index in [1.54, 1.807) is 25.3 Å². The van der Waals surface area contributed by atoms with Crippen LogP contribution in [0.4, 0.5) is 0 Å². The van der Waals surface area contributed by atoms with E-state index in [4.69, 9.17) is 14.7 Å². The second-order valence-electron chi connectivity index (χ2n) is 3.36. The Kier molecular flexibility index (Phi) is 4.76. The second kappa shape index (κ2) is 6.30. The van der Waals surface area contributed by atoms with Gasteiger partial charge in [0.15, 0.2) is 0 Å². The van der Waals surface area contributed by atoms with Crippen molar-refractivity contribution in [3.05, 3.63) is 29.3 Å². The summed E-state index contributed by atoms with van der Waals surface area (Å²) in [5.41, 5.74) is 0.652. The fourth-order valence-electron chi connectivity index (χ4n) is 1.38. The highest BCUT2D eigenvalue weighted by atomic mass is 16.5. The van der Waals surface area contributed by atoms with E-state index in [9.17, 15) is 4.79 Å². The fourth-order valence-corrected chi connectivity index (χ4v) is 1.38. The molecule has 0 aliphatic rings. The molecule has 94 valence electrons. The molecule has 1 aromatic carbocycles. The normalized spacial score (nSPS) is 10.4. The van der Waals surface area contributed by atoms with Crippen LogP contribution in [0.15, 0.2) is 23.8 Å². The smallest absolute Gasteiger partial charge is 0.261 e. The predicted octanol–water partition coefficient (Wildman–Crippen LogP) is 1.36. The van der Waals surface area contributed by atoms with Crippen LogP contribution in [0.25, 0.3) is 6.08 Å². The first-order valence-corrected chi connectivity index (χ1v) is 5.22. The van der Waals surface area contributed by atoms with Crippen LogP contribution in [0.2, 0.25) is 0 Å². The number of carbonyl (C=O) groups is 1. The molecular formula is C13H14N2O3. The van der Waals surface area contributed by atoms with Gasteiger partial charge in [-0.25, -0.2) is 0 Å². The van der Waals surface area contributed by atoms with E-state index in [1.165, 1.54) is 20.2 Å². The van der Waals surface area contributed by atoms with Crippen molar-refractivity contribution in [3.8, 4) is 17.6 Å². The quantitative estimate of drug-likeness (QED) is 0.643. The number of benzene rings is 1. The van der Waals surface area contributed by atoms with Crippen LogP contribution in [0.5, 0.6) is 11.5 Å². The van der Waals surface area contributed by atoms with Gasteiger partial charge in [-0.1, -0.05) is 0 Å². The van der Waals surface area contributed by atoms with E-state index in [0.29, 0.717) is 17.1 Å². The van der Waals surface area contributed by atoms with Gasteiger partial charge in [0.25, 0.3) is 5.91 Å². The van der Waals surface area contributed by atoms with Gasteiger partial charge in [-0.15, -0.1) is 0 Å². The van der Waals surface area contributed by atoms with Crippen molar-refractivity contribution in [1.29, 1.82) is 5.26 Å². The Labute approximate surface area is 106 Å². The maximum atomic E-state index is 11.4.